The predicted molar refractivity (Wildman–Crippen MR) is 137 cm³/mol. The van der Waals surface area contributed by atoms with Gasteiger partial charge < -0.3 is 9.80 Å². The molecule has 3 aromatic rings. The summed E-state index contributed by atoms with van der Waals surface area (Å²) in [4.78, 5) is 31.9. The molecule has 1 fully saturated rings. The smallest absolute Gasteiger partial charge is 0.254 e. The fourth-order valence-corrected chi connectivity index (χ4v) is 5.79. The van der Waals surface area contributed by atoms with Gasteiger partial charge in [0.25, 0.3) is 5.91 Å². The van der Waals surface area contributed by atoms with Gasteiger partial charge in [-0.3, -0.25) is 9.59 Å². The molecule has 0 N–H and O–H groups in total. The number of nitrogens with zero attached hydrogens (tertiary/aromatic N) is 2. The number of carbonyl (C=O) groups is 2. The number of carbonyl (C=O) groups excluding carboxylic acids is 2. The molecule has 1 aromatic heterocycles. The van der Waals surface area contributed by atoms with Gasteiger partial charge in [-0.2, -0.15) is 0 Å². The third-order valence-corrected chi connectivity index (χ3v) is 8.00. The average Bonchev–Trinajstić information content (AvgIpc) is 3.56. The van der Waals surface area contributed by atoms with E-state index >= 15 is 0 Å². The van der Waals surface area contributed by atoms with Crippen molar-refractivity contribution in [2.24, 2.45) is 0 Å². The van der Waals surface area contributed by atoms with E-state index in [0.29, 0.717) is 6.54 Å². The summed E-state index contributed by atoms with van der Waals surface area (Å²) in [5, 5.41) is 2.10. The Hall–Kier alpha value is -2.99. The Balaban J connectivity index is 1.43. The molecule has 0 radical (unpaired) electrons. The monoisotopic (exact) mass is 490 g/mol. The zero-order valence-electron chi connectivity index (χ0n) is 20.5. The Labute approximate surface area is 210 Å². The normalized spacial score (nSPS) is 17.7. The highest BCUT2D eigenvalue weighted by molar-refractivity contribution is 7.10. The maximum atomic E-state index is 13.8. The maximum Gasteiger partial charge on any atom is 0.254 e. The second-order valence-electron chi connectivity index (χ2n) is 10.6. The third-order valence-electron chi connectivity index (χ3n) is 7.00. The molecule has 1 aliphatic heterocycles. The lowest BCUT2D eigenvalue weighted by atomic mass is 9.85. The summed E-state index contributed by atoms with van der Waals surface area (Å²) < 4.78 is 13.8. The van der Waals surface area contributed by atoms with Crippen LogP contribution in [0.2, 0.25) is 0 Å². The Morgan fingerprint density at radius 3 is 2.49 bits per heavy atom. The molecular weight excluding hydrogens is 459 g/mol. The van der Waals surface area contributed by atoms with Gasteiger partial charge in [0.15, 0.2) is 0 Å². The van der Waals surface area contributed by atoms with Crippen molar-refractivity contribution in [1.29, 1.82) is 0 Å². The van der Waals surface area contributed by atoms with E-state index in [9.17, 15) is 14.0 Å². The maximum absolute atomic E-state index is 13.8. The van der Waals surface area contributed by atoms with Crippen LogP contribution in [0.1, 0.15) is 71.6 Å². The molecule has 1 unspecified atom stereocenters. The fourth-order valence-electron chi connectivity index (χ4n) is 4.89. The van der Waals surface area contributed by atoms with Crippen molar-refractivity contribution in [3.63, 3.8) is 0 Å². The number of thiophene rings is 1. The summed E-state index contributed by atoms with van der Waals surface area (Å²) in [6.07, 6.45) is 2.57. The van der Waals surface area contributed by atoms with Gasteiger partial charge >= 0.3 is 0 Å². The summed E-state index contributed by atoms with van der Waals surface area (Å²) >= 11 is 1.74. The quantitative estimate of drug-likeness (QED) is 0.443. The Morgan fingerprint density at radius 1 is 1.09 bits per heavy atom. The van der Waals surface area contributed by atoms with Gasteiger partial charge in [0.1, 0.15) is 12.4 Å². The first-order valence-corrected chi connectivity index (χ1v) is 13.1. The van der Waals surface area contributed by atoms with Crippen LogP contribution >= 0.6 is 11.3 Å². The number of rotatable bonds is 5. The first kappa shape index (κ1) is 23.7. The fraction of sp³-hybridized carbons (Fsp3) is 0.379. The second-order valence-corrected chi connectivity index (χ2v) is 11.6. The number of fused-ring (bicyclic) bond motifs is 1. The van der Waals surface area contributed by atoms with Crippen molar-refractivity contribution in [2.45, 2.75) is 57.5 Å². The molecule has 0 bridgehead atoms. The van der Waals surface area contributed by atoms with Crippen LogP contribution in [0.3, 0.4) is 0 Å². The molecule has 6 heteroatoms. The molecule has 2 aromatic carbocycles. The molecular formula is C29H31FN2O2S. The van der Waals surface area contributed by atoms with Gasteiger partial charge in [-0.25, -0.2) is 4.39 Å². The van der Waals surface area contributed by atoms with Crippen molar-refractivity contribution >= 4 is 23.2 Å². The van der Waals surface area contributed by atoms with Gasteiger partial charge in [-0.15, -0.1) is 11.3 Å². The summed E-state index contributed by atoms with van der Waals surface area (Å²) in [7, 11) is 0. The molecule has 5 rings (SSSR count). The number of hydrogen-bond acceptors (Lipinski definition) is 3. The van der Waals surface area contributed by atoms with Gasteiger partial charge in [-0.1, -0.05) is 51.1 Å². The van der Waals surface area contributed by atoms with Crippen molar-refractivity contribution in [1.82, 2.24) is 9.80 Å². The molecule has 1 saturated carbocycles. The average molecular weight is 491 g/mol. The molecule has 2 heterocycles. The van der Waals surface area contributed by atoms with E-state index in [0.717, 1.165) is 24.8 Å². The van der Waals surface area contributed by atoms with E-state index in [2.05, 4.69) is 56.5 Å². The molecule has 1 atom stereocenters. The zero-order valence-corrected chi connectivity index (χ0v) is 21.3. The zero-order chi connectivity index (χ0) is 24.7. The SMILES string of the molecule is CC(C)(C)c1ccc(C2c3ccsc3CCN2C(=O)CN(C(=O)c2cccc(F)c2)C2CC2)cc1. The highest BCUT2D eigenvalue weighted by Crippen LogP contribution is 2.39. The van der Waals surface area contributed by atoms with Crippen LogP contribution in [-0.2, 0) is 16.6 Å². The van der Waals surface area contributed by atoms with E-state index in [-0.39, 0.29) is 41.4 Å². The first-order chi connectivity index (χ1) is 16.7. The molecule has 1 aliphatic carbocycles. The largest absolute Gasteiger partial charge is 0.330 e. The van der Waals surface area contributed by atoms with Crippen molar-refractivity contribution in [2.75, 3.05) is 13.1 Å². The van der Waals surface area contributed by atoms with E-state index in [1.165, 1.54) is 34.2 Å². The van der Waals surface area contributed by atoms with Gasteiger partial charge in [-0.05, 0) is 71.0 Å². The number of benzene rings is 2. The van der Waals surface area contributed by atoms with Gasteiger partial charge in [0, 0.05) is 23.0 Å². The lowest BCUT2D eigenvalue weighted by Crippen LogP contribution is -2.47. The molecule has 35 heavy (non-hydrogen) atoms. The highest BCUT2D eigenvalue weighted by Gasteiger charge is 2.38. The van der Waals surface area contributed by atoms with Gasteiger partial charge in [0.05, 0.1) is 6.04 Å². The summed E-state index contributed by atoms with van der Waals surface area (Å²) in [5.41, 5.74) is 3.85. The Bertz CT molecular complexity index is 1240. The minimum absolute atomic E-state index is 0.00998. The molecule has 182 valence electrons. The van der Waals surface area contributed by atoms with Crippen LogP contribution in [0.15, 0.2) is 60.0 Å². The van der Waals surface area contributed by atoms with E-state index in [1.807, 2.05) is 4.90 Å². The number of amides is 2. The third kappa shape index (κ3) is 4.90. The van der Waals surface area contributed by atoms with Crippen LogP contribution in [0.4, 0.5) is 4.39 Å². The molecule has 4 nitrogen and oxygen atoms in total. The first-order valence-electron chi connectivity index (χ1n) is 12.2. The molecule has 0 saturated heterocycles. The minimum atomic E-state index is -0.447. The topological polar surface area (TPSA) is 40.6 Å². The van der Waals surface area contributed by atoms with Crippen LogP contribution in [0.25, 0.3) is 0 Å². The van der Waals surface area contributed by atoms with Crippen LogP contribution in [0, 0.1) is 5.82 Å². The summed E-state index contributed by atoms with van der Waals surface area (Å²) in [5.74, 6) is -0.791. The number of halogens is 1. The Morgan fingerprint density at radius 2 is 1.83 bits per heavy atom. The summed E-state index contributed by atoms with van der Waals surface area (Å²) in [6, 6.07) is 16.3. The summed E-state index contributed by atoms with van der Waals surface area (Å²) in [6.45, 7) is 7.20. The molecule has 2 amide bonds. The number of hydrogen-bond donors (Lipinski definition) is 0. The lowest BCUT2D eigenvalue weighted by molar-refractivity contribution is -0.134. The van der Waals surface area contributed by atoms with Crippen LogP contribution in [0.5, 0.6) is 0 Å². The van der Waals surface area contributed by atoms with Crippen molar-refractivity contribution in [3.8, 4) is 0 Å². The van der Waals surface area contributed by atoms with Crippen LogP contribution in [-0.4, -0.2) is 40.7 Å². The minimum Gasteiger partial charge on any atom is -0.330 e. The molecule has 0 spiro atoms. The van der Waals surface area contributed by atoms with Crippen molar-refractivity contribution in [3.05, 3.63) is 92.9 Å². The van der Waals surface area contributed by atoms with Gasteiger partial charge in [0.2, 0.25) is 5.91 Å². The highest BCUT2D eigenvalue weighted by atomic mass is 32.1. The van der Waals surface area contributed by atoms with Crippen molar-refractivity contribution < 1.29 is 14.0 Å². The molecule has 2 aliphatic rings. The standard InChI is InChI=1S/C29H31FN2O2S/c1-29(2,3)21-9-7-19(8-10-21)27-24-14-16-35-25(24)13-15-31(27)26(33)18-32(23-11-12-23)28(34)20-5-4-6-22(30)17-20/h4-10,14,16-17,23,27H,11-13,15,18H2,1-3H3. The van der Waals surface area contributed by atoms with E-state index in [4.69, 9.17) is 0 Å². The lowest BCUT2D eigenvalue weighted by Gasteiger charge is -2.38. The second kappa shape index (κ2) is 9.23. The van der Waals surface area contributed by atoms with E-state index in [1.54, 1.807) is 22.3 Å². The predicted octanol–water partition coefficient (Wildman–Crippen LogP) is 5.96. The van der Waals surface area contributed by atoms with Crippen LogP contribution < -0.4 is 0 Å². The Kier molecular flexibility index (Phi) is 6.26. The van der Waals surface area contributed by atoms with E-state index < -0.39 is 5.82 Å².